The molecule has 0 saturated heterocycles. The lowest BCUT2D eigenvalue weighted by Crippen LogP contribution is -2.07. The van der Waals surface area contributed by atoms with Gasteiger partial charge in [-0.25, -0.2) is 0 Å². The number of rotatable bonds is 5. The summed E-state index contributed by atoms with van der Waals surface area (Å²) in [6, 6.07) is 22.8. The standard InChI is InChI=1S/C20H16N2OS2/c21-13-17(20(22)25-18-10-5-11-24-18)15-8-4-9-16(12-15)19(23)14-6-2-1-3-7-14/h1-12,17,19,22-23H. The SMILES string of the molecule is N#CC(C(=N)Sc1cccs1)c1cccc(C(O)c2ccccc2)c1. The number of benzene rings is 2. The van der Waals surface area contributed by atoms with Crippen molar-refractivity contribution in [2.45, 2.75) is 16.2 Å². The number of thiophene rings is 1. The Hall–Kier alpha value is -2.39. The number of nitriles is 1. The van der Waals surface area contributed by atoms with Crippen molar-refractivity contribution >= 4 is 28.1 Å². The summed E-state index contributed by atoms with van der Waals surface area (Å²) in [5.41, 5.74) is 2.25. The van der Waals surface area contributed by atoms with E-state index in [0.29, 0.717) is 0 Å². The van der Waals surface area contributed by atoms with Gasteiger partial charge in [0.2, 0.25) is 0 Å². The van der Waals surface area contributed by atoms with E-state index in [9.17, 15) is 10.4 Å². The molecule has 0 amide bonds. The number of aliphatic hydroxyl groups excluding tert-OH is 1. The number of thioether (sulfide) groups is 1. The van der Waals surface area contributed by atoms with Gasteiger partial charge in [0.15, 0.2) is 0 Å². The number of nitrogens with zero attached hydrogens (tertiary/aromatic N) is 1. The summed E-state index contributed by atoms with van der Waals surface area (Å²) in [5.74, 6) is -0.643. The van der Waals surface area contributed by atoms with Crippen LogP contribution in [0.4, 0.5) is 0 Å². The third kappa shape index (κ3) is 4.18. The molecule has 0 fully saturated rings. The predicted octanol–water partition coefficient (Wildman–Crippen LogP) is 5.21. The van der Waals surface area contributed by atoms with Crippen molar-refractivity contribution < 1.29 is 5.11 Å². The van der Waals surface area contributed by atoms with Crippen LogP contribution in [-0.2, 0) is 0 Å². The van der Waals surface area contributed by atoms with E-state index in [0.717, 1.165) is 20.9 Å². The molecule has 5 heteroatoms. The fourth-order valence-electron chi connectivity index (χ4n) is 2.51. The summed E-state index contributed by atoms with van der Waals surface area (Å²) in [4.78, 5) is 0. The highest BCUT2D eigenvalue weighted by Gasteiger charge is 2.20. The van der Waals surface area contributed by atoms with Gasteiger partial charge < -0.3 is 5.11 Å². The van der Waals surface area contributed by atoms with Crippen LogP contribution in [0, 0.1) is 16.7 Å². The molecular formula is C20H16N2OS2. The molecule has 0 bridgehead atoms. The molecule has 3 rings (SSSR count). The number of aliphatic hydroxyl groups is 1. The fraction of sp³-hybridized carbons (Fsp3) is 0.100. The first kappa shape index (κ1) is 17.4. The maximum absolute atomic E-state index is 10.6. The Bertz CT molecular complexity index is 886. The molecule has 3 aromatic rings. The molecule has 2 atom stereocenters. The number of hydrogen-bond acceptors (Lipinski definition) is 5. The van der Waals surface area contributed by atoms with Crippen LogP contribution in [0.25, 0.3) is 0 Å². The Balaban J connectivity index is 1.84. The monoisotopic (exact) mass is 364 g/mol. The van der Waals surface area contributed by atoms with E-state index in [1.165, 1.54) is 11.8 Å². The topological polar surface area (TPSA) is 67.9 Å². The van der Waals surface area contributed by atoms with E-state index in [4.69, 9.17) is 5.41 Å². The summed E-state index contributed by atoms with van der Waals surface area (Å²) >= 11 is 2.86. The smallest absolute Gasteiger partial charge is 0.119 e. The molecule has 0 saturated carbocycles. The first-order valence-corrected chi connectivity index (χ1v) is 9.41. The second-order valence-corrected chi connectivity index (χ2v) is 7.73. The summed E-state index contributed by atoms with van der Waals surface area (Å²) in [5, 5.41) is 30.7. The van der Waals surface area contributed by atoms with Gasteiger partial charge in [-0.05, 0) is 28.1 Å². The average molecular weight is 364 g/mol. The van der Waals surface area contributed by atoms with E-state index in [1.54, 1.807) is 11.3 Å². The molecule has 0 spiro atoms. The summed E-state index contributed by atoms with van der Waals surface area (Å²) in [7, 11) is 0. The molecule has 1 aromatic heterocycles. The van der Waals surface area contributed by atoms with Gasteiger partial charge in [0.1, 0.15) is 12.0 Å². The van der Waals surface area contributed by atoms with Gasteiger partial charge in [-0.1, -0.05) is 72.4 Å². The summed E-state index contributed by atoms with van der Waals surface area (Å²) in [6.45, 7) is 0. The van der Waals surface area contributed by atoms with Gasteiger partial charge in [0.05, 0.1) is 15.3 Å². The maximum atomic E-state index is 10.6. The molecule has 2 unspecified atom stereocenters. The van der Waals surface area contributed by atoms with Crippen molar-refractivity contribution in [3.63, 3.8) is 0 Å². The molecule has 0 aliphatic heterocycles. The zero-order valence-electron chi connectivity index (χ0n) is 13.3. The molecule has 2 aromatic carbocycles. The molecular weight excluding hydrogens is 348 g/mol. The quantitative estimate of drug-likeness (QED) is 0.371. The summed E-state index contributed by atoms with van der Waals surface area (Å²) in [6.07, 6.45) is -0.750. The van der Waals surface area contributed by atoms with E-state index in [-0.39, 0.29) is 5.04 Å². The van der Waals surface area contributed by atoms with Crippen molar-refractivity contribution in [3.05, 3.63) is 88.8 Å². The molecule has 0 aliphatic rings. The second-order valence-electron chi connectivity index (χ2n) is 5.44. The van der Waals surface area contributed by atoms with Crippen molar-refractivity contribution in [1.29, 1.82) is 10.7 Å². The van der Waals surface area contributed by atoms with E-state index >= 15 is 0 Å². The van der Waals surface area contributed by atoms with Crippen LogP contribution in [0.3, 0.4) is 0 Å². The molecule has 0 aliphatic carbocycles. The maximum Gasteiger partial charge on any atom is 0.119 e. The van der Waals surface area contributed by atoms with E-state index < -0.39 is 12.0 Å². The van der Waals surface area contributed by atoms with Gasteiger partial charge in [-0.3, -0.25) is 5.41 Å². The van der Waals surface area contributed by atoms with Gasteiger partial charge in [-0.15, -0.1) is 11.3 Å². The Morgan fingerprint density at radius 2 is 1.72 bits per heavy atom. The van der Waals surface area contributed by atoms with Gasteiger partial charge in [0.25, 0.3) is 0 Å². The van der Waals surface area contributed by atoms with Crippen LogP contribution in [0.5, 0.6) is 0 Å². The van der Waals surface area contributed by atoms with Crippen molar-refractivity contribution in [1.82, 2.24) is 0 Å². The second kappa shape index (κ2) is 8.13. The van der Waals surface area contributed by atoms with Gasteiger partial charge in [0, 0.05) is 0 Å². The molecule has 124 valence electrons. The lowest BCUT2D eigenvalue weighted by Gasteiger charge is -2.15. The lowest BCUT2D eigenvalue weighted by molar-refractivity contribution is 0.220. The normalized spacial score (nSPS) is 13.0. The van der Waals surface area contributed by atoms with E-state index in [2.05, 4.69) is 6.07 Å². The lowest BCUT2D eigenvalue weighted by atomic mass is 9.95. The molecule has 3 nitrogen and oxygen atoms in total. The molecule has 1 heterocycles. The highest BCUT2D eigenvalue weighted by atomic mass is 32.2. The van der Waals surface area contributed by atoms with Crippen molar-refractivity contribution in [3.8, 4) is 6.07 Å². The molecule has 25 heavy (non-hydrogen) atoms. The van der Waals surface area contributed by atoms with Crippen LogP contribution >= 0.6 is 23.1 Å². The first-order chi connectivity index (χ1) is 12.2. The van der Waals surface area contributed by atoms with E-state index in [1.807, 2.05) is 72.1 Å². The minimum atomic E-state index is -0.750. The first-order valence-electron chi connectivity index (χ1n) is 7.71. The van der Waals surface area contributed by atoms with Crippen LogP contribution in [0.2, 0.25) is 0 Å². The Labute approximate surface area is 155 Å². The third-order valence-electron chi connectivity index (χ3n) is 3.77. The predicted molar refractivity (Wildman–Crippen MR) is 103 cm³/mol. The third-order valence-corrected chi connectivity index (χ3v) is 5.77. The minimum absolute atomic E-state index is 0.288. The van der Waals surface area contributed by atoms with Crippen molar-refractivity contribution in [2.75, 3.05) is 0 Å². The Morgan fingerprint density at radius 1 is 1.00 bits per heavy atom. The zero-order chi connectivity index (χ0) is 17.6. The number of hydrogen-bond donors (Lipinski definition) is 2. The highest BCUT2D eigenvalue weighted by molar-refractivity contribution is 8.15. The highest BCUT2D eigenvalue weighted by Crippen LogP contribution is 2.32. The average Bonchev–Trinajstić information content (AvgIpc) is 3.15. The van der Waals surface area contributed by atoms with Crippen LogP contribution < -0.4 is 0 Å². The molecule has 2 N–H and O–H groups in total. The van der Waals surface area contributed by atoms with Gasteiger partial charge in [-0.2, -0.15) is 5.26 Å². The Morgan fingerprint density at radius 3 is 2.40 bits per heavy atom. The molecule has 0 radical (unpaired) electrons. The van der Waals surface area contributed by atoms with Crippen LogP contribution in [-0.4, -0.2) is 10.2 Å². The minimum Gasteiger partial charge on any atom is -0.384 e. The van der Waals surface area contributed by atoms with Crippen molar-refractivity contribution in [2.24, 2.45) is 0 Å². The number of nitrogens with one attached hydrogen (secondary N) is 1. The Kier molecular flexibility index (Phi) is 5.67. The zero-order valence-corrected chi connectivity index (χ0v) is 14.9. The van der Waals surface area contributed by atoms with Crippen LogP contribution in [0.15, 0.2) is 76.3 Å². The summed E-state index contributed by atoms with van der Waals surface area (Å²) < 4.78 is 0.991. The van der Waals surface area contributed by atoms with Gasteiger partial charge >= 0.3 is 0 Å². The van der Waals surface area contributed by atoms with Crippen LogP contribution in [0.1, 0.15) is 28.7 Å². The fourth-order valence-corrected chi connectivity index (χ4v) is 4.26. The largest absolute Gasteiger partial charge is 0.384 e.